The van der Waals surface area contributed by atoms with Crippen LogP contribution in [0.15, 0.2) is 60.7 Å². The summed E-state index contributed by atoms with van der Waals surface area (Å²) in [5, 5.41) is 7.36. The van der Waals surface area contributed by atoms with Gasteiger partial charge in [-0.1, -0.05) is 88.4 Å². The van der Waals surface area contributed by atoms with Crippen LogP contribution in [0.25, 0.3) is 0 Å². The summed E-state index contributed by atoms with van der Waals surface area (Å²) in [6.45, 7) is 11.5. The number of hydrogen-bond acceptors (Lipinski definition) is 4. The van der Waals surface area contributed by atoms with Crippen LogP contribution in [0, 0.1) is 0 Å². The molecule has 0 heterocycles. The van der Waals surface area contributed by atoms with Crippen LogP contribution < -0.4 is 10.2 Å². The fourth-order valence-corrected chi connectivity index (χ4v) is 7.77. The number of thiocarbonyl (C=S) groups is 2. The highest BCUT2D eigenvalue weighted by Gasteiger charge is 2.27. The molecule has 1 atom stereocenters. The molecule has 2 N–H and O–H groups in total. The molecule has 2 aromatic rings. The Labute approximate surface area is 234 Å². The minimum absolute atomic E-state index is 0.0755. The zero-order valence-corrected chi connectivity index (χ0v) is 26.1. The third kappa shape index (κ3) is 9.83. The van der Waals surface area contributed by atoms with Gasteiger partial charge in [0.05, 0.1) is 0 Å². The number of benzene rings is 2. The maximum atomic E-state index is 13.2. The molecule has 2 aromatic carbocycles. The van der Waals surface area contributed by atoms with Crippen molar-refractivity contribution in [2.45, 2.75) is 53.8 Å². The van der Waals surface area contributed by atoms with Crippen molar-refractivity contribution in [2.75, 3.05) is 31.2 Å². The Morgan fingerprint density at radius 3 is 1.57 bits per heavy atom. The van der Waals surface area contributed by atoms with Crippen molar-refractivity contribution in [3.8, 4) is 0 Å². The summed E-state index contributed by atoms with van der Waals surface area (Å²) in [6, 6.07) is 20.2. The summed E-state index contributed by atoms with van der Waals surface area (Å²) in [7, 11) is -5.20. The van der Waals surface area contributed by atoms with Gasteiger partial charge in [0.25, 0.3) is 0 Å². The van der Waals surface area contributed by atoms with E-state index in [0.29, 0.717) is 54.5 Å². The fourth-order valence-electron chi connectivity index (χ4n) is 3.90. The summed E-state index contributed by atoms with van der Waals surface area (Å²) in [5.74, 6) is 0. The molecular weight excluding hydrogens is 538 g/mol. The van der Waals surface area contributed by atoms with E-state index in [9.17, 15) is 9.13 Å². The monoisotopic (exact) mass is 580 g/mol. The van der Waals surface area contributed by atoms with E-state index in [0.717, 1.165) is 11.1 Å². The maximum Gasteiger partial charge on any atom is 0.175 e. The predicted molar refractivity (Wildman–Crippen MR) is 167 cm³/mol. The zero-order chi connectivity index (χ0) is 27.5. The normalized spacial score (nSPS) is 12.5. The first-order valence-corrected chi connectivity index (χ1v) is 18.0. The lowest BCUT2D eigenvalue weighted by atomic mass is 10.1. The Bertz CT molecular complexity index is 1090. The standard InChI is InChI=1S/C27H42N4O2P2S2/c1-6-34(32,7-2)28-26(36)30(21-24-16-12-10-13-17-24)20-23(5)31(22-25-18-14-11-15-19-25)27(37)29-35(33,8-3)9-4/h10-19,23H,6-9,20-22H2,1-5H3,(H,28,32,36)(H,29,33,37). The van der Waals surface area contributed by atoms with Gasteiger partial charge in [-0.15, -0.1) is 0 Å². The quantitative estimate of drug-likeness (QED) is 0.199. The maximum absolute atomic E-state index is 13.2. The van der Waals surface area contributed by atoms with Gasteiger partial charge in [-0.25, -0.2) is 0 Å². The molecule has 6 nitrogen and oxygen atoms in total. The second-order valence-corrected chi connectivity index (χ2v) is 16.5. The Hall–Kier alpha value is -1.72. The molecule has 0 saturated carbocycles. The van der Waals surface area contributed by atoms with Crippen molar-refractivity contribution < 1.29 is 9.13 Å². The second-order valence-electron chi connectivity index (χ2n) is 9.21. The first-order valence-electron chi connectivity index (χ1n) is 13.0. The van der Waals surface area contributed by atoms with E-state index < -0.39 is 14.6 Å². The summed E-state index contributed by atoms with van der Waals surface area (Å²) in [5.41, 5.74) is 2.22. The van der Waals surface area contributed by atoms with E-state index in [2.05, 4.69) is 51.2 Å². The lowest BCUT2D eigenvalue weighted by Crippen LogP contribution is -2.50. The van der Waals surface area contributed by atoms with Crippen LogP contribution in [0.2, 0.25) is 0 Å². The van der Waals surface area contributed by atoms with Crippen LogP contribution in [0.3, 0.4) is 0 Å². The molecule has 0 spiro atoms. The molecule has 204 valence electrons. The molecule has 2 rings (SSSR count). The number of nitrogens with one attached hydrogen (secondary N) is 2. The molecular formula is C27H42N4O2P2S2. The van der Waals surface area contributed by atoms with E-state index in [1.54, 1.807) is 0 Å². The van der Waals surface area contributed by atoms with Crippen molar-refractivity contribution in [2.24, 2.45) is 0 Å². The molecule has 0 radical (unpaired) electrons. The molecule has 0 bridgehead atoms. The molecule has 1 unspecified atom stereocenters. The lowest BCUT2D eigenvalue weighted by Gasteiger charge is -2.38. The van der Waals surface area contributed by atoms with Gasteiger partial charge in [0.1, 0.15) is 0 Å². The smallest absolute Gasteiger partial charge is 0.175 e. The van der Waals surface area contributed by atoms with Gasteiger partial charge in [-0.3, -0.25) is 0 Å². The van der Waals surface area contributed by atoms with E-state index in [-0.39, 0.29) is 6.04 Å². The largest absolute Gasteiger partial charge is 0.343 e. The van der Waals surface area contributed by atoms with Crippen molar-refractivity contribution in [1.29, 1.82) is 0 Å². The number of nitrogens with zero attached hydrogens (tertiary/aromatic N) is 2. The van der Waals surface area contributed by atoms with Crippen LogP contribution in [-0.2, 0) is 22.2 Å². The van der Waals surface area contributed by atoms with Gasteiger partial charge in [0.2, 0.25) is 0 Å². The predicted octanol–water partition coefficient (Wildman–Crippen LogP) is 6.76. The van der Waals surface area contributed by atoms with Crippen molar-refractivity contribution in [3.05, 3.63) is 71.8 Å². The minimum atomic E-state index is -2.60. The van der Waals surface area contributed by atoms with Crippen LogP contribution >= 0.6 is 39.0 Å². The van der Waals surface area contributed by atoms with Crippen molar-refractivity contribution in [1.82, 2.24) is 20.0 Å². The number of hydrogen-bond donors (Lipinski definition) is 2. The average molecular weight is 581 g/mol. The first kappa shape index (κ1) is 31.5. The van der Waals surface area contributed by atoms with E-state index in [1.165, 1.54) is 0 Å². The highest BCUT2D eigenvalue weighted by molar-refractivity contribution is 7.81. The molecule has 0 aliphatic carbocycles. The Balaban J connectivity index is 2.35. The molecule has 10 heteroatoms. The van der Waals surface area contributed by atoms with E-state index in [4.69, 9.17) is 24.4 Å². The molecule has 0 aliphatic heterocycles. The first-order chi connectivity index (χ1) is 17.6. The van der Waals surface area contributed by atoms with Gasteiger partial charge >= 0.3 is 0 Å². The van der Waals surface area contributed by atoms with Gasteiger partial charge in [0, 0.05) is 50.3 Å². The SMILES string of the molecule is CCP(=O)(CC)NC(=S)N(Cc1ccccc1)CC(C)N(Cc1ccccc1)C(=S)NP(=O)(CC)CC. The third-order valence-corrected chi connectivity index (χ3v) is 12.9. The molecule has 0 aromatic heterocycles. The van der Waals surface area contributed by atoms with E-state index >= 15 is 0 Å². The molecule has 0 saturated heterocycles. The van der Waals surface area contributed by atoms with Crippen LogP contribution in [0.1, 0.15) is 45.7 Å². The lowest BCUT2D eigenvalue weighted by molar-refractivity contribution is 0.255. The third-order valence-electron chi connectivity index (χ3n) is 6.62. The topological polar surface area (TPSA) is 64.7 Å². The van der Waals surface area contributed by atoms with Crippen molar-refractivity contribution >= 4 is 49.2 Å². The van der Waals surface area contributed by atoms with Crippen LogP contribution in [0.5, 0.6) is 0 Å². The zero-order valence-electron chi connectivity index (χ0n) is 22.7. The van der Waals surface area contributed by atoms with Crippen LogP contribution in [-0.4, -0.2) is 57.3 Å². The van der Waals surface area contributed by atoms with Gasteiger partial charge in [0.15, 0.2) is 24.8 Å². The van der Waals surface area contributed by atoms with E-state index in [1.807, 2.05) is 64.1 Å². The average Bonchev–Trinajstić information content (AvgIpc) is 2.92. The van der Waals surface area contributed by atoms with Crippen LogP contribution in [0.4, 0.5) is 0 Å². The number of rotatable bonds is 13. The molecule has 0 amide bonds. The Morgan fingerprint density at radius 1 is 0.730 bits per heavy atom. The highest BCUT2D eigenvalue weighted by Crippen LogP contribution is 2.40. The molecule has 0 fully saturated rings. The Kier molecular flexibility index (Phi) is 12.8. The summed E-state index contributed by atoms with van der Waals surface area (Å²) < 4.78 is 26.4. The summed E-state index contributed by atoms with van der Waals surface area (Å²) in [6.07, 6.45) is 2.15. The minimum Gasteiger partial charge on any atom is -0.343 e. The second kappa shape index (κ2) is 15.0. The summed E-state index contributed by atoms with van der Waals surface area (Å²) in [4.78, 5) is 4.15. The molecule has 37 heavy (non-hydrogen) atoms. The summed E-state index contributed by atoms with van der Waals surface area (Å²) >= 11 is 11.6. The Morgan fingerprint density at radius 2 is 1.14 bits per heavy atom. The van der Waals surface area contributed by atoms with Gasteiger partial charge in [-0.05, 0) is 42.5 Å². The van der Waals surface area contributed by atoms with Gasteiger partial charge in [-0.2, -0.15) is 0 Å². The highest BCUT2D eigenvalue weighted by atomic mass is 32.1. The fraction of sp³-hybridized carbons (Fsp3) is 0.481. The van der Waals surface area contributed by atoms with Crippen molar-refractivity contribution in [3.63, 3.8) is 0 Å². The molecule has 0 aliphatic rings. The van der Waals surface area contributed by atoms with Gasteiger partial charge < -0.3 is 29.1 Å².